The number of nitrogens with zero attached hydrogens (tertiary/aromatic N) is 1. The number of anilines is 1. The van der Waals surface area contributed by atoms with Crippen molar-refractivity contribution in [1.29, 1.82) is 0 Å². The Morgan fingerprint density at radius 3 is 2.82 bits per heavy atom. The topological polar surface area (TPSA) is 108 Å². The van der Waals surface area contributed by atoms with E-state index in [2.05, 4.69) is 14.4 Å². The lowest BCUT2D eigenvalue weighted by atomic mass is 10.2. The Kier molecular flexibility index (Phi) is 4.18. The highest BCUT2D eigenvalue weighted by Gasteiger charge is 2.06. The molecule has 0 atom stereocenters. The minimum Gasteiger partial charge on any atom is -0.478 e. The predicted octanol–water partition coefficient (Wildman–Crippen LogP) is 0.0555. The first-order valence-corrected chi connectivity index (χ1v) is 5.99. The third-order valence-electron chi connectivity index (χ3n) is 1.71. The van der Waals surface area contributed by atoms with Gasteiger partial charge < -0.3 is 5.11 Å². The van der Waals surface area contributed by atoms with Crippen LogP contribution in [0.5, 0.6) is 0 Å². The first-order chi connectivity index (χ1) is 7.93. The molecule has 0 aromatic carbocycles. The second-order valence-corrected chi connectivity index (χ2v) is 4.57. The maximum atomic E-state index is 11.2. The van der Waals surface area contributed by atoms with Crippen LogP contribution in [-0.4, -0.2) is 31.5 Å². The summed E-state index contributed by atoms with van der Waals surface area (Å²) in [6.07, 6.45) is 3.65. The second-order valence-electron chi connectivity index (χ2n) is 2.96. The van der Waals surface area contributed by atoms with Crippen LogP contribution in [-0.2, 0) is 15.0 Å². The molecule has 8 heteroatoms. The maximum Gasteiger partial charge on any atom is 0.328 e. The van der Waals surface area contributed by atoms with E-state index < -0.39 is 16.2 Å². The van der Waals surface area contributed by atoms with Crippen LogP contribution in [0.2, 0.25) is 0 Å². The zero-order chi connectivity index (χ0) is 12.9. The summed E-state index contributed by atoms with van der Waals surface area (Å²) in [7, 11) is -2.36. The smallest absolute Gasteiger partial charge is 0.328 e. The van der Waals surface area contributed by atoms with Crippen molar-refractivity contribution in [3.8, 4) is 0 Å². The normalized spacial score (nSPS) is 11.6. The van der Waals surface area contributed by atoms with Crippen molar-refractivity contribution in [1.82, 2.24) is 9.71 Å². The van der Waals surface area contributed by atoms with Crippen LogP contribution < -0.4 is 9.44 Å². The molecule has 0 aliphatic heterocycles. The lowest BCUT2D eigenvalue weighted by molar-refractivity contribution is -0.131. The molecule has 1 aromatic rings. The average molecular weight is 257 g/mol. The molecule has 0 amide bonds. The molecule has 1 rings (SSSR count). The van der Waals surface area contributed by atoms with Gasteiger partial charge in [0.15, 0.2) is 0 Å². The SMILES string of the molecule is CNS(=O)(=O)Nc1cc(/C=C/C(=O)O)ccn1. The van der Waals surface area contributed by atoms with Crippen LogP contribution in [0.3, 0.4) is 0 Å². The number of carbonyl (C=O) groups is 1. The summed E-state index contributed by atoms with van der Waals surface area (Å²) in [5.41, 5.74) is 0.524. The van der Waals surface area contributed by atoms with E-state index >= 15 is 0 Å². The minimum absolute atomic E-state index is 0.104. The van der Waals surface area contributed by atoms with Crippen LogP contribution in [0.4, 0.5) is 5.82 Å². The Bertz CT molecular complexity index is 539. The number of rotatable bonds is 5. The van der Waals surface area contributed by atoms with E-state index in [1.165, 1.54) is 25.4 Å². The highest BCUT2D eigenvalue weighted by Crippen LogP contribution is 2.09. The predicted molar refractivity (Wildman–Crippen MR) is 62.5 cm³/mol. The van der Waals surface area contributed by atoms with Crippen molar-refractivity contribution in [2.75, 3.05) is 11.8 Å². The Labute approximate surface area is 98.4 Å². The molecule has 0 aliphatic rings. The van der Waals surface area contributed by atoms with Gasteiger partial charge in [0.25, 0.3) is 10.2 Å². The van der Waals surface area contributed by atoms with Crippen molar-refractivity contribution in [2.45, 2.75) is 0 Å². The highest BCUT2D eigenvalue weighted by molar-refractivity contribution is 7.90. The molecular weight excluding hydrogens is 246 g/mol. The van der Waals surface area contributed by atoms with Gasteiger partial charge >= 0.3 is 5.97 Å². The van der Waals surface area contributed by atoms with Crippen molar-refractivity contribution in [3.63, 3.8) is 0 Å². The Morgan fingerprint density at radius 1 is 1.53 bits per heavy atom. The molecule has 17 heavy (non-hydrogen) atoms. The molecule has 1 heterocycles. The van der Waals surface area contributed by atoms with Crippen LogP contribution in [0.15, 0.2) is 24.4 Å². The summed E-state index contributed by atoms with van der Waals surface area (Å²) in [4.78, 5) is 14.1. The van der Waals surface area contributed by atoms with Gasteiger partial charge in [-0.15, -0.1) is 0 Å². The molecule has 0 saturated carbocycles. The van der Waals surface area contributed by atoms with Crippen molar-refractivity contribution in [3.05, 3.63) is 30.0 Å². The number of aliphatic carboxylic acids is 1. The summed E-state index contributed by atoms with van der Waals surface area (Å²) in [6, 6.07) is 2.96. The van der Waals surface area contributed by atoms with Crippen LogP contribution in [0.1, 0.15) is 5.56 Å². The summed E-state index contributed by atoms with van der Waals surface area (Å²) < 4.78 is 26.6. The summed E-state index contributed by atoms with van der Waals surface area (Å²) in [6.45, 7) is 0. The zero-order valence-corrected chi connectivity index (χ0v) is 9.73. The number of pyridine rings is 1. The molecule has 0 radical (unpaired) electrons. The average Bonchev–Trinajstić information content (AvgIpc) is 2.26. The quantitative estimate of drug-likeness (QED) is 0.646. The third-order valence-corrected chi connectivity index (χ3v) is 2.73. The number of carboxylic acid groups (broad SMARTS) is 1. The van der Waals surface area contributed by atoms with Gasteiger partial charge in [-0.05, 0) is 23.8 Å². The molecular formula is C9H11N3O4S. The maximum absolute atomic E-state index is 11.2. The van der Waals surface area contributed by atoms with Crippen LogP contribution in [0.25, 0.3) is 6.08 Å². The number of hydrogen-bond acceptors (Lipinski definition) is 4. The highest BCUT2D eigenvalue weighted by atomic mass is 32.2. The number of carboxylic acids is 1. The van der Waals surface area contributed by atoms with E-state index in [1.807, 2.05) is 0 Å². The van der Waals surface area contributed by atoms with Gasteiger partial charge in [0.05, 0.1) is 0 Å². The molecule has 0 spiro atoms. The molecule has 0 aliphatic carbocycles. The Morgan fingerprint density at radius 2 is 2.24 bits per heavy atom. The third kappa shape index (κ3) is 4.62. The fourth-order valence-electron chi connectivity index (χ4n) is 0.963. The summed E-state index contributed by atoms with van der Waals surface area (Å²) >= 11 is 0. The van der Waals surface area contributed by atoms with Gasteiger partial charge in [0.2, 0.25) is 0 Å². The standard InChI is InChI=1S/C9H11N3O4S/c1-10-17(15,16)12-8-6-7(4-5-11-8)2-3-9(13)14/h2-6,10H,1H3,(H,11,12)(H,13,14)/b3-2+. The molecule has 0 bridgehead atoms. The first-order valence-electron chi connectivity index (χ1n) is 4.51. The molecule has 0 saturated heterocycles. The molecule has 0 unspecified atom stereocenters. The lowest BCUT2D eigenvalue weighted by Crippen LogP contribution is -2.26. The van der Waals surface area contributed by atoms with Gasteiger partial charge in [-0.1, -0.05) is 0 Å². The van der Waals surface area contributed by atoms with Gasteiger partial charge in [-0.25, -0.2) is 14.5 Å². The van der Waals surface area contributed by atoms with Crippen molar-refractivity contribution >= 4 is 28.1 Å². The molecule has 3 N–H and O–H groups in total. The molecule has 92 valence electrons. The number of aromatic nitrogens is 1. The first kappa shape index (κ1) is 13.1. The number of hydrogen-bond donors (Lipinski definition) is 3. The largest absolute Gasteiger partial charge is 0.478 e. The van der Waals surface area contributed by atoms with Crippen LogP contribution >= 0.6 is 0 Å². The summed E-state index contributed by atoms with van der Waals surface area (Å²) in [5, 5.41) is 8.44. The van der Waals surface area contributed by atoms with Gasteiger partial charge in [-0.3, -0.25) is 4.72 Å². The zero-order valence-electron chi connectivity index (χ0n) is 8.91. The van der Waals surface area contributed by atoms with Gasteiger partial charge in [0, 0.05) is 19.3 Å². The molecule has 7 nitrogen and oxygen atoms in total. The van der Waals surface area contributed by atoms with Crippen LogP contribution in [0, 0.1) is 0 Å². The van der Waals surface area contributed by atoms with E-state index in [-0.39, 0.29) is 5.82 Å². The Hall–Kier alpha value is -1.93. The summed E-state index contributed by atoms with van der Waals surface area (Å²) in [5.74, 6) is -0.981. The lowest BCUT2D eigenvalue weighted by Gasteiger charge is -2.05. The monoisotopic (exact) mass is 257 g/mol. The fraction of sp³-hybridized carbons (Fsp3) is 0.111. The van der Waals surface area contributed by atoms with E-state index in [4.69, 9.17) is 5.11 Å². The van der Waals surface area contributed by atoms with E-state index in [0.29, 0.717) is 5.56 Å². The number of nitrogens with one attached hydrogen (secondary N) is 2. The van der Waals surface area contributed by atoms with Gasteiger partial charge in [0.1, 0.15) is 5.82 Å². The Balaban J connectivity index is 2.90. The molecule has 0 fully saturated rings. The van der Waals surface area contributed by atoms with E-state index in [9.17, 15) is 13.2 Å². The van der Waals surface area contributed by atoms with Crippen molar-refractivity contribution in [2.24, 2.45) is 0 Å². The second kappa shape index (κ2) is 5.41. The van der Waals surface area contributed by atoms with E-state index in [1.54, 1.807) is 6.07 Å². The molecule has 1 aromatic heterocycles. The fourth-order valence-corrected chi connectivity index (χ4v) is 1.45. The minimum atomic E-state index is -3.62. The van der Waals surface area contributed by atoms with Gasteiger partial charge in [-0.2, -0.15) is 8.42 Å². The van der Waals surface area contributed by atoms with Crippen molar-refractivity contribution < 1.29 is 18.3 Å². The van der Waals surface area contributed by atoms with E-state index in [0.717, 1.165) is 6.08 Å².